The summed E-state index contributed by atoms with van der Waals surface area (Å²) in [6.07, 6.45) is 4.13. The number of hydrogen-bond acceptors (Lipinski definition) is 2. The van der Waals surface area contributed by atoms with Crippen LogP contribution in [-0.2, 0) is 11.3 Å². The number of ether oxygens (including phenoxy) is 1. The third kappa shape index (κ3) is 6.05. The molecule has 0 heterocycles. The standard InChI is InChI=1S/C13H19NO/c1-2-3-9-14-10-11-15-12-13-7-5-4-6-8-13/h2-8,14H,9-12H2,1H3/b3-2+. The summed E-state index contributed by atoms with van der Waals surface area (Å²) in [6, 6.07) is 10.2. The lowest BCUT2D eigenvalue weighted by Crippen LogP contribution is -2.19. The molecule has 82 valence electrons. The van der Waals surface area contributed by atoms with Gasteiger partial charge in [0.2, 0.25) is 0 Å². The molecule has 1 aromatic carbocycles. The zero-order chi connectivity index (χ0) is 10.8. The molecule has 0 saturated heterocycles. The van der Waals surface area contributed by atoms with Gasteiger partial charge in [-0.2, -0.15) is 0 Å². The average Bonchev–Trinajstić information content (AvgIpc) is 2.29. The topological polar surface area (TPSA) is 21.3 Å². The van der Waals surface area contributed by atoms with Crippen LogP contribution < -0.4 is 5.32 Å². The summed E-state index contributed by atoms with van der Waals surface area (Å²) >= 11 is 0. The van der Waals surface area contributed by atoms with Gasteiger partial charge in [0.25, 0.3) is 0 Å². The molecule has 0 saturated carbocycles. The highest BCUT2D eigenvalue weighted by molar-refractivity contribution is 5.13. The Morgan fingerprint density at radius 1 is 1.27 bits per heavy atom. The van der Waals surface area contributed by atoms with Crippen LogP contribution >= 0.6 is 0 Å². The van der Waals surface area contributed by atoms with Crippen LogP contribution in [0.5, 0.6) is 0 Å². The summed E-state index contributed by atoms with van der Waals surface area (Å²) in [5.41, 5.74) is 1.23. The van der Waals surface area contributed by atoms with Gasteiger partial charge < -0.3 is 10.1 Å². The predicted molar refractivity (Wildman–Crippen MR) is 63.8 cm³/mol. The molecule has 0 aliphatic carbocycles. The van der Waals surface area contributed by atoms with Crippen LogP contribution in [0, 0.1) is 0 Å². The summed E-state index contributed by atoms with van der Waals surface area (Å²) in [5.74, 6) is 0. The molecule has 1 rings (SSSR count). The smallest absolute Gasteiger partial charge is 0.0717 e. The summed E-state index contributed by atoms with van der Waals surface area (Å²) in [4.78, 5) is 0. The van der Waals surface area contributed by atoms with Crippen LogP contribution in [-0.4, -0.2) is 19.7 Å². The van der Waals surface area contributed by atoms with Crippen molar-refractivity contribution in [3.63, 3.8) is 0 Å². The first-order chi connectivity index (χ1) is 7.43. The number of rotatable bonds is 7. The zero-order valence-corrected chi connectivity index (χ0v) is 9.28. The summed E-state index contributed by atoms with van der Waals surface area (Å²) in [5, 5.41) is 3.26. The van der Waals surface area contributed by atoms with E-state index in [4.69, 9.17) is 4.74 Å². The molecule has 0 amide bonds. The van der Waals surface area contributed by atoms with E-state index < -0.39 is 0 Å². The van der Waals surface area contributed by atoms with Crippen molar-refractivity contribution in [3.05, 3.63) is 48.0 Å². The molecule has 0 aliphatic rings. The lowest BCUT2D eigenvalue weighted by Gasteiger charge is -2.04. The molecule has 2 nitrogen and oxygen atoms in total. The van der Waals surface area contributed by atoms with Crippen molar-refractivity contribution in [3.8, 4) is 0 Å². The predicted octanol–water partition coefficient (Wildman–Crippen LogP) is 2.37. The normalized spacial score (nSPS) is 11.0. The van der Waals surface area contributed by atoms with Crippen molar-refractivity contribution in [2.45, 2.75) is 13.5 Å². The number of benzene rings is 1. The van der Waals surface area contributed by atoms with E-state index in [1.54, 1.807) is 0 Å². The minimum atomic E-state index is 0.701. The molecular weight excluding hydrogens is 186 g/mol. The summed E-state index contributed by atoms with van der Waals surface area (Å²) in [6.45, 7) is 5.30. The first-order valence-corrected chi connectivity index (χ1v) is 5.37. The molecule has 0 aromatic heterocycles. The summed E-state index contributed by atoms with van der Waals surface area (Å²) < 4.78 is 5.51. The van der Waals surface area contributed by atoms with Crippen LogP contribution in [0.4, 0.5) is 0 Å². The lowest BCUT2D eigenvalue weighted by atomic mass is 10.2. The van der Waals surface area contributed by atoms with Gasteiger partial charge in [-0.05, 0) is 12.5 Å². The average molecular weight is 205 g/mol. The maximum absolute atomic E-state index is 5.51. The fourth-order valence-corrected chi connectivity index (χ4v) is 1.21. The minimum absolute atomic E-state index is 0.701. The Morgan fingerprint density at radius 2 is 2.07 bits per heavy atom. The first-order valence-electron chi connectivity index (χ1n) is 5.37. The second kappa shape index (κ2) is 8.21. The first kappa shape index (κ1) is 12.0. The van der Waals surface area contributed by atoms with E-state index in [-0.39, 0.29) is 0 Å². The number of nitrogens with one attached hydrogen (secondary N) is 1. The van der Waals surface area contributed by atoms with Crippen LogP contribution in [0.2, 0.25) is 0 Å². The van der Waals surface area contributed by atoms with Gasteiger partial charge in [0, 0.05) is 13.1 Å². The molecular formula is C13H19NO. The molecule has 2 heteroatoms. The van der Waals surface area contributed by atoms with Gasteiger partial charge in [-0.1, -0.05) is 42.5 Å². The zero-order valence-electron chi connectivity index (χ0n) is 9.28. The van der Waals surface area contributed by atoms with Crippen molar-refractivity contribution < 1.29 is 4.74 Å². The second-order valence-corrected chi connectivity index (χ2v) is 3.31. The van der Waals surface area contributed by atoms with Crippen molar-refractivity contribution in [2.75, 3.05) is 19.7 Å². The van der Waals surface area contributed by atoms with E-state index >= 15 is 0 Å². The van der Waals surface area contributed by atoms with Crippen molar-refractivity contribution in [2.24, 2.45) is 0 Å². The molecule has 15 heavy (non-hydrogen) atoms. The SMILES string of the molecule is C/C=C/CNCCOCc1ccccc1. The maximum atomic E-state index is 5.51. The molecule has 0 atom stereocenters. The largest absolute Gasteiger partial charge is 0.375 e. The minimum Gasteiger partial charge on any atom is -0.375 e. The molecule has 0 fully saturated rings. The quantitative estimate of drug-likeness (QED) is 0.545. The van der Waals surface area contributed by atoms with Gasteiger partial charge in [0.1, 0.15) is 0 Å². The van der Waals surface area contributed by atoms with Crippen LogP contribution in [0.1, 0.15) is 12.5 Å². The molecule has 0 spiro atoms. The Kier molecular flexibility index (Phi) is 6.54. The van der Waals surface area contributed by atoms with E-state index in [0.29, 0.717) is 6.61 Å². The Morgan fingerprint density at radius 3 is 2.80 bits per heavy atom. The number of hydrogen-bond donors (Lipinski definition) is 1. The Balaban J connectivity index is 1.98. The Bertz CT molecular complexity index is 269. The fourth-order valence-electron chi connectivity index (χ4n) is 1.21. The lowest BCUT2D eigenvalue weighted by molar-refractivity contribution is 0.123. The molecule has 1 aromatic rings. The third-order valence-electron chi connectivity index (χ3n) is 2.03. The van der Waals surface area contributed by atoms with Gasteiger partial charge >= 0.3 is 0 Å². The van der Waals surface area contributed by atoms with Crippen LogP contribution in [0.15, 0.2) is 42.5 Å². The van der Waals surface area contributed by atoms with Gasteiger partial charge in [-0.3, -0.25) is 0 Å². The molecule has 0 radical (unpaired) electrons. The van der Waals surface area contributed by atoms with Crippen molar-refractivity contribution in [1.29, 1.82) is 0 Å². The van der Waals surface area contributed by atoms with Crippen molar-refractivity contribution >= 4 is 0 Å². The van der Waals surface area contributed by atoms with E-state index in [0.717, 1.165) is 19.7 Å². The van der Waals surface area contributed by atoms with Crippen LogP contribution in [0.3, 0.4) is 0 Å². The van der Waals surface area contributed by atoms with Gasteiger partial charge in [-0.25, -0.2) is 0 Å². The van der Waals surface area contributed by atoms with Gasteiger partial charge in [-0.15, -0.1) is 0 Å². The highest BCUT2D eigenvalue weighted by Crippen LogP contribution is 1.99. The Hall–Kier alpha value is -1.12. The fraction of sp³-hybridized carbons (Fsp3) is 0.385. The highest BCUT2D eigenvalue weighted by Gasteiger charge is 1.90. The summed E-state index contributed by atoms with van der Waals surface area (Å²) in [7, 11) is 0. The maximum Gasteiger partial charge on any atom is 0.0717 e. The molecule has 0 aliphatic heterocycles. The van der Waals surface area contributed by atoms with Gasteiger partial charge in [0.05, 0.1) is 13.2 Å². The van der Waals surface area contributed by atoms with E-state index in [1.807, 2.05) is 31.2 Å². The number of allylic oxidation sites excluding steroid dienone is 1. The molecule has 0 bridgehead atoms. The third-order valence-corrected chi connectivity index (χ3v) is 2.03. The second-order valence-electron chi connectivity index (χ2n) is 3.31. The highest BCUT2D eigenvalue weighted by atomic mass is 16.5. The molecule has 1 N–H and O–H groups in total. The van der Waals surface area contributed by atoms with Crippen LogP contribution in [0.25, 0.3) is 0 Å². The van der Waals surface area contributed by atoms with E-state index in [9.17, 15) is 0 Å². The Labute approximate surface area is 92.0 Å². The van der Waals surface area contributed by atoms with E-state index in [2.05, 4.69) is 23.5 Å². The van der Waals surface area contributed by atoms with Gasteiger partial charge in [0.15, 0.2) is 0 Å². The van der Waals surface area contributed by atoms with Crippen molar-refractivity contribution in [1.82, 2.24) is 5.32 Å². The van der Waals surface area contributed by atoms with E-state index in [1.165, 1.54) is 5.56 Å². The molecule has 0 unspecified atom stereocenters. The monoisotopic (exact) mass is 205 g/mol.